The fraction of sp³-hybridized carbons (Fsp3) is 0.674. The molecule has 0 rings (SSSR count). The van der Waals surface area contributed by atoms with E-state index in [1.165, 1.54) is 38.5 Å². The van der Waals surface area contributed by atoms with Gasteiger partial charge < -0.3 is 25.2 Å². The molecule has 0 aliphatic rings. The van der Waals surface area contributed by atoms with Gasteiger partial charge in [-0.05, 0) is 70.6 Å². The largest absolute Gasteiger partial charge is 0.472 e. The van der Waals surface area contributed by atoms with Crippen LogP contribution in [0.3, 0.4) is 0 Å². The van der Waals surface area contributed by atoms with Gasteiger partial charge in [0.25, 0.3) is 0 Å². The molecular formula is C43H74NO9P. The Kier molecular flexibility index (Phi) is 36.8. The molecule has 0 fully saturated rings. The van der Waals surface area contributed by atoms with Crippen molar-refractivity contribution in [2.75, 3.05) is 26.4 Å². The number of carbonyl (C=O) groups is 2. The van der Waals surface area contributed by atoms with Crippen LogP contribution >= 0.6 is 7.82 Å². The zero-order valence-corrected chi connectivity index (χ0v) is 34.4. The minimum atomic E-state index is -4.40. The average Bonchev–Trinajstić information content (AvgIpc) is 3.15. The molecule has 4 N–H and O–H groups in total. The molecular weight excluding hydrogens is 705 g/mol. The monoisotopic (exact) mass is 780 g/mol. The molecule has 0 amide bonds. The molecule has 0 bridgehead atoms. The molecule has 2 unspecified atom stereocenters. The van der Waals surface area contributed by atoms with Crippen LogP contribution < -0.4 is 5.73 Å². The number of rotatable bonds is 37. The molecule has 0 spiro atoms. The first-order chi connectivity index (χ1) is 26.2. The van der Waals surface area contributed by atoms with Crippen molar-refractivity contribution >= 4 is 19.8 Å². The molecule has 3 atom stereocenters. The van der Waals surface area contributed by atoms with Gasteiger partial charge in [0.2, 0.25) is 0 Å². The fourth-order valence-corrected chi connectivity index (χ4v) is 5.86. The normalized spacial score (nSPS) is 14.7. The van der Waals surface area contributed by atoms with E-state index in [0.717, 1.165) is 57.8 Å². The first kappa shape index (κ1) is 51.4. The van der Waals surface area contributed by atoms with Crippen LogP contribution in [0, 0.1) is 0 Å². The second-order valence-electron chi connectivity index (χ2n) is 13.3. The molecule has 0 aromatic rings. The van der Waals surface area contributed by atoms with Crippen molar-refractivity contribution in [3.05, 3.63) is 72.9 Å². The van der Waals surface area contributed by atoms with Crippen LogP contribution in [0.4, 0.5) is 0 Å². The quantitative estimate of drug-likeness (QED) is 0.0182. The van der Waals surface area contributed by atoms with Crippen LogP contribution in [0.15, 0.2) is 72.9 Å². The Morgan fingerprint density at radius 3 is 1.93 bits per heavy atom. The maximum atomic E-state index is 12.5. The Balaban J connectivity index is 4.34. The van der Waals surface area contributed by atoms with Crippen LogP contribution in [-0.2, 0) is 32.7 Å². The highest BCUT2D eigenvalue weighted by Gasteiger charge is 2.25. The number of aliphatic hydroxyl groups excluding tert-OH is 1. The zero-order valence-electron chi connectivity index (χ0n) is 33.5. The fourth-order valence-electron chi connectivity index (χ4n) is 5.10. The molecule has 54 heavy (non-hydrogen) atoms. The van der Waals surface area contributed by atoms with Gasteiger partial charge in [-0.2, -0.15) is 0 Å². The Morgan fingerprint density at radius 1 is 0.667 bits per heavy atom. The molecule has 10 nitrogen and oxygen atoms in total. The van der Waals surface area contributed by atoms with E-state index in [1.54, 1.807) is 0 Å². The van der Waals surface area contributed by atoms with Crippen LogP contribution in [0.1, 0.15) is 149 Å². The summed E-state index contributed by atoms with van der Waals surface area (Å²) in [5.41, 5.74) is 5.33. The maximum absolute atomic E-state index is 12.5. The summed E-state index contributed by atoms with van der Waals surface area (Å²) >= 11 is 0. The minimum absolute atomic E-state index is 0.0346. The number of hydrogen-bond acceptors (Lipinski definition) is 9. The molecule has 0 radical (unpaired) electrons. The standard InChI is InChI=1S/C43H74NO9P/c1-3-5-7-8-9-10-11-12-13-14-19-22-25-28-31-35-43(47)53-41(39-52-54(48,49)51-37-36-44)38-50-42(46)34-30-27-24-21-18-16-15-17-20-23-26-29-33-40(45)32-6-4-2/h6,12-13,15-16,20-21,23-24,26,29,32,40-41,45H,3-5,7-11,14,17-19,22,25,27-28,30-31,33-39,44H2,1-2H3,(H,48,49)/b13-12-,16-15-,23-20-,24-21-,29-26+,32-6-/t40?,41-/m1/s1. The third-order valence-electron chi connectivity index (χ3n) is 8.15. The van der Waals surface area contributed by atoms with Gasteiger partial charge in [-0.1, -0.05) is 138 Å². The molecule has 0 saturated heterocycles. The lowest BCUT2D eigenvalue weighted by Crippen LogP contribution is -2.29. The molecule has 0 aromatic carbocycles. The van der Waals surface area contributed by atoms with E-state index >= 15 is 0 Å². The Bertz CT molecular complexity index is 1130. The van der Waals surface area contributed by atoms with Crippen LogP contribution in [0.5, 0.6) is 0 Å². The van der Waals surface area contributed by atoms with Gasteiger partial charge >= 0.3 is 19.8 Å². The van der Waals surface area contributed by atoms with E-state index < -0.39 is 38.6 Å². The van der Waals surface area contributed by atoms with E-state index in [2.05, 4.69) is 31.2 Å². The summed E-state index contributed by atoms with van der Waals surface area (Å²) in [4.78, 5) is 34.8. The molecule has 0 aromatic heterocycles. The first-order valence-electron chi connectivity index (χ1n) is 20.5. The molecule has 0 saturated carbocycles. The number of nitrogens with two attached hydrogens (primary N) is 1. The third-order valence-corrected chi connectivity index (χ3v) is 9.14. The van der Waals surface area contributed by atoms with Crippen molar-refractivity contribution in [3.63, 3.8) is 0 Å². The number of hydrogen-bond donors (Lipinski definition) is 3. The smallest absolute Gasteiger partial charge is 0.462 e. The number of aliphatic hydroxyl groups is 1. The van der Waals surface area contributed by atoms with Gasteiger partial charge in [0.05, 0.1) is 19.3 Å². The second-order valence-corrected chi connectivity index (χ2v) is 14.8. The number of unbranched alkanes of at least 4 members (excludes halogenated alkanes) is 12. The van der Waals surface area contributed by atoms with E-state index in [1.807, 2.05) is 55.5 Å². The molecule has 0 aliphatic carbocycles. The Hall–Kier alpha value is -2.59. The Morgan fingerprint density at radius 2 is 1.24 bits per heavy atom. The van der Waals surface area contributed by atoms with Crippen molar-refractivity contribution in [2.24, 2.45) is 5.73 Å². The summed E-state index contributed by atoms with van der Waals surface area (Å²) in [6.07, 6.45) is 42.8. The lowest BCUT2D eigenvalue weighted by Gasteiger charge is -2.19. The molecule has 310 valence electrons. The average molecular weight is 780 g/mol. The summed E-state index contributed by atoms with van der Waals surface area (Å²) < 4.78 is 32.6. The van der Waals surface area contributed by atoms with Crippen LogP contribution in [-0.4, -0.2) is 60.5 Å². The number of carbonyl (C=O) groups excluding carboxylic acids is 2. The SMILES string of the molecule is CC/C=C\C(O)C/C=C/C=C\C/C=C\C/C=C\CCCC(=O)OC[C@H](COP(=O)(O)OCCN)OC(=O)CCCCCCC/C=C\CCCCCCCC. The predicted molar refractivity (Wildman–Crippen MR) is 221 cm³/mol. The Labute approximate surface area is 327 Å². The highest BCUT2D eigenvalue weighted by Crippen LogP contribution is 2.43. The first-order valence-corrected chi connectivity index (χ1v) is 22.0. The number of allylic oxidation sites excluding steroid dienone is 10. The van der Waals surface area contributed by atoms with E-state index in [4.69, 9.17) is 24.3 Å². The van der Waals surface area contributed by atoms with Crippen LogP contribution in [0.25, 0.3) is 0 Å². The summed E-state index contributed by atoms with van der Waals surface area (Å²) in [7, 11) is -4.40. The van der Waals surface area contributed by atoms with E-state index in [-0.39, 0.29) is 32.6 Å². The van der Waals surface area contributed by atoms with Gasteiger partial charge in [0.1, 0.15) is 6.61 Å². The molecule has 11 heteroatoms. The topological polar surface area (TPSA) is 155 Å². The predicted octanol–water partition coefficient (Wildman–Crippen LogP) is 10.5. The van der Waals surface area contributed by atoms with Crippen molar-refractivity contribution in [2.45, 2.75) is 161 Å². The maximum Gasteiger partial charge on any atom is 0.472 e. The highest BCUT2D eigenvalue weighted by molar-refractivity contribution is 7.47. The lowest BCUT2D eigenvalue weighted by atomic mass is 10.1. The minimum Gasteiger partial charge on any atom is -0.462 e. The van der Waals surface area contributed by atoms with Gasteiger partial charge in [0.15, 0.2) is 6.10 Å². The van der Waals surface area contributed by atoms with Crippen molar-refractivity contribution in [1.82, 2.24) is 0 Å². The highest BCUT2D eigenvalue weighted by atomic mass is 31.2. The number of ether oxygens (including phenoxy) is 2. The van der Waals surface area contributed by atoms with Gasteiger partial charge in [-0.15, -0.1) is 0 Å². The summed E-state index contributed by atoms with van der Waals surface area (Å²) in [6.45, 7) is 3.38. The third kappa shape index (κ3) is 37.7. The number of phosphoric ester groups is 1. The van der Waals surface area contributed by atoms with Gasteiger partial charge in [0, 0.05) is 19.4 Å². The summed E-state index contributed by atoms with van der Waals surface area (Å²) in [5, 5.41) is 9.75. The second kappa shape index (κ2) is 38.7. The molecule has 0 heterocycles. The van der Waals surface area contributed by atoms with Crippen LogP contribution in [0.2, 0.25) is 0 Å². The number of phosphoric acid groups is 1. The van der Waals surface area contributed by atoms with E-state index in [0.29, 0.717) is 25.7 Å². The lowest BCUT2D eigenvalue weighted by molar-refractivity contribution is -0.161. The molecule has 0 aliphatic heterocycles. The van der Waals surface area contributed by atoms with E-state index in [9.17, 15) is 24.2 Å². The van der Waals surface area contributed by atoms with Crippen molar-refractivity contribution in [3.8, 4) is 0 Å². The zero-order chi connectivity index (χ0) is 39.8. The van der Waals surface area contributed by atoms with Crippen molar-refractivity contribution in [1.29, 1.82) is 0 Å². The van der Waals surface area contributed by atoms with Crippen molar-refractivity contribution < 1.29 is 42.7 Å². The summed E-state index contributed by atoms with van der Waals surface area (Å²) in [5.74, 6) is -0.937. The summed E-state index contributed by atoms with van der Waals surface area (Å²) in [6, 6.07) is 0. The van der Waals surface area contributed by atoms with Gasteiger partial charge in [-0.3, -0.25) is 18.6 Å². The number of esters is 2. The van der Waals surface area contributed by atoms with Gasteiger partial charge in [-0.25, -0.2) is 4.57 Å².